The number of amides is 1. The minimum absolute atomic E-state index is 0.191. The summed E-state index contributed by atoms with van der Waals surface area (Å²) >= 11 is 0. The van der Waals surface area contributed by atoms with Gasteiger partial charge >= 0.3 is 0 Å². The lowest BCUT2D eigenvalue weighted by molar-refractivity contribution is 0.0946. The van der Waals surface area contributed by atoms with Crippen LogP contribution in [0, 0.1) is 12.8 Å². The number of hydrogen-bond acceptors (Lipinski definition) is 5. The molecule has 0 bridgehead atoms. The number of hydrogen-bond donors (Lipinski definition) is 2. The summed E-state index contributed by atoms with van der Waals surface area (Å²) in [6.45, 7) is 6.64. The van der Waals surface area contributed by atoms with Crippen LogP contribution >= 0.6 is 0 Å². The van der Waals surface area contributed by atoms with Crippen molar-refractivity contribution in [2.45, 2.75) is 27.2 Å². The van der Waals surface area contributed by atoms with Crippen LogP contribution in [0.4, 0.5) is 11.5 Å². The maximum atomic E-state index is 12.3. The van der Waals surface area contributed by atoms with E-state index in [1.807, 2.05) is 24.3 Å². The van der Waals surface area contributed by atoms with Gasteiger partial charge in [-0.2, -0.15) is 0 Å². The zero-order valence-corrected chi connectivity index (χ0v) is 14.6. The van der Waals surface area contributed by atoms with E-state index in [4.69, 9.17) is 4.74 Å². The molecule has 1 amide bonds. The number of nitrogens with zero attached hydrogens (tertiary/aromatic N) is 2. The van der Waals surface area contributed by atoms with Crippen molar-refractivity contribution in [3.05, 3.63) is 41.9 Å². The van der Waals surface area contributed by atoms with Crippen LogP contribution in [-0.2, 0) is 0 Å². The number of rotatable bonds is 7. The molecule has 1 aromatic carbocycles. The van der Waals surface area contributed by atoms with Gasteiger partial charge < -0.3 is 15.4 Å². The predicted molar refractivity (Wildman–Crippen MR) is 94.8 cm³/mol. The van der Waals surface area contributed by atoms with Crippen LogP contribution in [0.3, 0.4) is 0 Å². The lowest BCUT2D eigenvalue weighted by Crippen LogP contribution is -2.26. The summed E-state index contributed by atoms with van der Waals surface area (Å²) in [6, 6.07) is 9.18. The highest BCUT2D eigenvalue weighted by atomic mass is 16.5. The summed E-state index contributed by atoms with van der Waals surface area (Å²) in [5.41, 5.74) is 1.13. The first-order valence-electron chi connectivity index (χ1n) is 8.03. The minimum Gasteiger partial charge on any atom is -0.495 e. The molecule has 0 aliphatic heterocycles. The van der Waals surface area contributed by atoms with Gasteiger partial charge in [-0.05, 0) is 31.4 Å². The maximum Gasteiger partial charge on any atom is 0.270 e. The summed E-state index contributed by atoms with van der Waals surface area (Å²) in [4.78, 5) is 20.8. The number of benzene rings is 1. The number of nitrogens with one attached hydrogen (secondary N) is 2. The zero-order valence-electron chi connectivity index (χ0n) is 14.6. The quantitative estimate of drug-likeness (QED) is 0.815. The maximum absolute atomic E-state index is 12.3. The van der Waals surface area contributed by atoms with Crippen molar-refractivity contribution in [1.82, 2.24) is 15.3 Å². The van der Waals surface area contributed by atoms with E-state index in [0.29, 0.717) is 35.5 Å². The predicted octanol–water partition coefficient (Wildman–Crippen LogP) is 3.31. The molecular weight excluding hydrogens is 304 g/mol. The van der Waals surface area contributed by atoms with E-state index < -0.39 is 0 Å². The summed E-state index contributed by atoms with van der Waals surface area (Å²) in [5, 5.41) is 6.07. The molecule has 0 aliphatic carbocycles. The Kier molecular flexibility index (Phi) is 6.12. The van der Waals surface area contributed by atoms with Gasteiger partial charge in [0.2, 0.25) is 0 Å². The third-order valence-corrected chi connectivity index (χ3v) is 3.45. The van der Waals surface area contributed by atoms with Crippen LogP contribution in [0.15, 0.2) is 30.3 Å². The molecule has 0 saturated carbocycles. The molecule has 6 heteroatoms. The second kappa shape index (κ2) is 8.29. The third-order valence-electron chi connectivity index (χ3n) is 3.45. The second-order valence-corrected chi connectivity index (χ2v) is 5.95. The van der Waals surface area contributed by atoms with Gasteiger partial charge in [0.1, 0.15) is 23.1 Å². The van der Waals surface area contributed by atoms with Crippen molar-refractivity contribution in [2.24, 2.45) is 5.92 Å². The average Bonchev–Trinajstić information content (AvgIpc) is 2.54. The van der Waals surface area contributed by atoms with Gasteiger partial charge in [0.05, 0.1) is 12.8 Å². The Balaban J connectivity index is 2.14. The van der Waals surface area contributed by atoms with E-state index in [1.54, 1.807) is 20.1 Å². The minimum atomic E-state index is -0.191. The molecule has 0 spiro atoms. The molecule has 0 aliphatic rings. The fourth-order valence-corrected chi connectivity index (χ4v) is 2.20. The van der Waals surface area contributed by atoms with Gasteiger partial charge in [0.25, 0.3) is 5.91 Å². The number of carbonyl (C=O) groups excluding carboxylic acids is 1. The molecule has 0 saturated heterocycles. The van der Waals surface area contributed by atoms with Gasteiger partial charge in [0, 0.05) is 12.6 Å². The molecule has 128 valence electrons. The standard InChI is InChI=1S/C18H24N4O2/c1-12(2)9-10-19-18(23)15-11-17(21-13(3)20-15)22-14-7-5-6-8-16(14)24-4/h5-8,11-12H,9-10H2,1-4H3,(H,19,23)(H,20,21,22). The molecule has 24 heavy (non-hydrogen) atoms. The van der Waals surface area contributed by atoms with Crippen molar-refractivity contribution in [1.29, 1.82) is 0 Å². The molecule has 0 fully saturated rings. The first-order valence-corrected chi connectivity index (χ1v) is 8.03. The number of aromatic nitrogens is 2. The smallest absolute Gasteiger partial charge is 0.270 e. The van der Waals surface area contributed by atoms with E-state index in [9.17, 15) is 4.79 Å². The van der Waals surface area contributed by atoms with Crippen molar-refractivity contribution in [3.8, 4) is 5.75 Å². The topological polar surface area (TPSA) is 76.1 Å². The van der Waals surface area contributed by atoms with Crippen molar-refractivity contribution < 1.29 is 9.53 Å². The van der Waals surface area contributed by atoms with Gasteiger partial charge in [-0.15, -0.1) is 0 Å². The fraction of sp³-hybridized carbons (Fsp3) is 0.389. The Morgan fingerprint density at radius 1 is 1.25 bits per heavy atom. The van der Waals surface area contributed by atoms with Crippen molar-refractivity contribution >= 4 is 17.4 Å². The molecule has 0 atom stereocenters. The molecular formula is C18H24N4O2. The van der Waals surface area contributed by atoms with Crippen molar-refractivity contribution in [2.75, 3.05) is 19.0 Å². The fourth-order valence-electron chi connectivity index (χ4n) is 2.20. The van der Waals surface area contributed by atoms with E-state index in [-0.39, 0.29) is 5.91 Å². The summed E-state index contributed by atoms with van der Waals surface area (Å²) in [6.07, 6.45) is 0.933. The highest BCUT2D eigenvalue weighted by Crippen LogP contribution is 2.26. The van der Waals surface area contributed by atoms with Crippen LogP contribution in [0.2, 0.25) is 0 Å². The molecule has 2 N–H and O–H groups in total. The van der Waals surface area contributed by atoms with Gasteiger partial charge in [-0.1, -0.05) is 26.0 Å². The molecule has 6 nitrogen and oxygen atoms in total. The number of methoxy groups -OCH3 is 1. The zero-order chi connectivity index (χ0) is 17.5. The Morgan fingerprint density at radius 3 is 2.71 bits per heavy atom. The first-order chi connectivity index (χ1) is 11.5. The summed E-state index contributed by atoms with van der Waals surface area (Å²) < 4.78 is 5.32. The Morgan fingerprint density at radius 2 is 2.00 bits per heavy atom. The van der Waals surface area contributed by atoms with E-state index in [0.717, 1.165) is 12.1 Å². The number of anilines is 2. The molecule has 1 aromatic heterocycles. The summed E-state index contributed by atoms with van der Waals surface area (Å²) in [5.74, 6) is 2.14. The monoisotopic (exact) mass is 328 g/mol. The van der Waals surface area contributed by atoms with Gasteiger partial charge in [-0.3, -0.25) is 4.79 Å². The Hall–Kier alpha value is -2.63. The van der Waals surface area contributed by atoms with Crippen LogP contribution < -0.4 is 15.4 Å². The molecule has 2 rings (SSSR count). The van der Waals surface area contributed by atoms with Crippen LogP contribution in [0.5, 0.6) is 5.75 Å². The highest BCUT2D eigenvalue weighted by molar-refractivity contribution is 5.93. The second-order valence-electron chi connectivity index (χ2n) is 5.95. The van der Waals surface area contributed by atoms with Crippen LogP contribution in [0.1, 0.15) is 36.6 Å². The largest absolute Gasteiger partial charge is 0.495 e. The van der Waals surface area contributed by atoms with Crippen LogP contribution in [-0.4, -0.2) is 29.5 Å². The number of ether oxygens (including phenoxy) is 1. The van der Waals surface area contributed by atoms with Crippen molar-refractivity contribution in [3.63, 3.8) is 0 Å². The first kappa shape index (κ1) is 17.7. The Bertz CT molecular complexity index is 701. The number of para-hydroxylation sites is 2. The van der Waals surface area contributed by atoms with Crippen LogP contribution in [0.25, 0.3) is 0 Å². The third kappa shape index (κ3) is 4.94. The molecule has 1 heterocycles. The summed E-state index contributed by atoms with van der Waals surface area (Å²) in [7, 11) is 1.61. The highest BCUT2D eigenvalue weighted by Gasteiger charge is 2.11. The SMILES string of the molecule is COc1ccccc1Nc1cc(C(=O)NCCC(C)C)nc(C)n1. The normalized spacial score (nSPS) is 10.5. The lowest BCUT2D eigenvalue weighted by atomic mass is 10.1. The Labute approximate surface area is 142 Å². The van der Waals surface area contributed by atoms with E-state index >= 15 is 0 Å². The average molecular weight is 328 g/mol. The molecule has 0 unspecified atom stereocenters. The molecule has 0 radical (unpaired) electrons. The van der Waals surface area contributed by atoms with Gasteiger partial charge in [0.15, 0.2) is 0 Å². The molecule has 2 aromatic rings. The van der Waals surface area contributed by atoms with E-state index in [1.165, 1.54) is 0 Å². The lowest BCUT2D eigenvalue weighted by Gasteiger charge is -2.12. The number of aryl methyl sites for hydroxylation is 1. The number of carbonyl (C=O) groups is 1. The van der Waals surface area contributed by atoms with E-state index in [2.05, 4.69) is 34.4 Å². The van der Waals surface area contributed by atoms with Gasteiger partial charge in [-0.25, -0.2) is 9.97 Å².